The molecule has 0 spiro atoms. The Morgan fingerprint density at radius 3 is 2.00 bits per heavy atom. The summed E-state index contributed by atoms with van der Waals surface area (Å²) in [4.78, 5) is 11.8. The van der Waals surface area contributed by atoms with E-state index >= 15 is 0 Å². The first-order valence-corrected chi connectivity index (χ1v) is 9.87. The number of hydrogen-bond donors (Lipinski definition) is 2. The number of Topliss-reactive ketones (excluding diaryl/α,β-unsaturated/α-hetero) is 1. The van der Waals surface area contributed by atoms with E-state index in [1.54, 1.807) is 6.92 Å². The molecule has 0 radical (unpaired) electrons. The number of ketones is 1. The molecule has 0 aromatic carbocycles. The summed E-state index contributed by atoms with van der Waals surface area (Å²) in [5.41, 5.74) is 2.15. The molecular weight excluding hydrogens is 296 g/mol. The minimum Gasteiger partial charge on any atom is -0.389 e. The minimum atomic E-state index is -0.0770. The van der Waals surface area contributed by atoms with Crippen LogP contribution in [0.4, 0.5) is 0 Å². The Bertz CT molecular complexity index is 363. The van der Waals surface area contributed by atoms with Crippen LogP contribution < -0.4 is 10.6 Å². The van der Waals surface area contributed by atoms with Gasteiger partial charge >= 0.3 is 0 Å². The van der Waals surface area contributed by atoms with Crippen molar-refractivity contribution in [2.45, 2.75) is 97.4 Å². The van der Waals surface area contributed by atoms with E-state index in [-0.39, 0.29) is 11.8 Å². The van der Waals surface area contributed by atoms with Gasteiger partial charge in [-0.1, -0.05) is 52.7 Å². The Hall–Kier alpha value is -1.25. The standard InChI is InChI=1S/C21H40N2O/c1-6-8-10-14-18(3)22-17-13-12-16-21(20(5)24)23-19(4)15-11-9-7-2/h21-23H,3-4,6-17H2,1-2,5H3. The van der Waals surface area contributed by atoms with Gasteiger partial charge in [-0.2, -0.15) is 0 Å². The molecule has 0 aliphatic heterocycles. The van der Waals surface area contributed by atoms with Crippen LogP contribution in [-0.2, 0) is 4.79 Å². The summed E-state index contributed by atoms with van der Waals surface area (Å²) >= 11 is 0. The average Bonchev–Trinajstić information content (AvgIpc) is 2.53. The number of rotatable bonds is 17. The monoisotopic (exact) mass is 336 g/mol. The molecule has 3 heteroatoms. The maximum atomic E-state index is 11.8. The molecule has 2 N–H and O–H groups in total. The van der Waals surface area contributed by atoms with Crippen LogP contribution in [0.3, 0.4) is 0 Å². The van der Waals surface area contributed by atoms with Crippen molar-refractivity contribution in [2.24, 2.45) is 0 Å². The molecule has 1 atom stereocenters. The van der Waals surface area contributed by atoms with Crippen molar-refractivity contribution in [1.82, 2.24) is 10.6 Å². The van der Waals surface area contributed by atoms with Crippen molar-refractivity contribution >= 4 is 5.78 Å². The van der Waals surface area contributed by atoms with E-state index in [1.807, 2.05) is 0 Å². The molecule has 0 bridgehead atoms. The van der Waals surface area contributed by atoms with Crippen molar-refractivity contribution in [3.05, 3.63) is 24.6 Å². The molecule has 140 valence electrons. The number of nitrogens with one attached hydrogen (secondary N) is 2. The smallest absolute Gasteiger partial charge is 0.151 e. The van der Waals surface area contributed by atoms with E-state index < -0.39 is 0 Å². The molecular formula is C21H40N2O. The van der Waals surface area contributed by atoms with Crippen LogP contribution in [0.1, 0.15) is 91.4 Å². The highest BCUT2D eigenvalue weighted by molar-refractivity contribution is 5.81. The fourth-order valence-electron chi connectivity index (χ4n) is 2.70. The Labute approximate surface area is 150 Å². The lowest BCUT2D eigenvalue weighted by Crippen LogP contribution is -2.34. The second-order valence-electron chi connectivity index (χ2n) is 6.85. The SMILES string of the molecule is C=C(CCCCC)NCCCCC(NC(=C)CCCCC)C(C)=O. The third-order valence-electron chi connectivity index (χ3n) is 4.33. The van der Waals surface area contributed by atoms with Crippen molar-refractivity contribution in [3.63, 3.8) is 0 Å². The molecule has 1 unspecified atom stereocenters. The molecule has 0 saturated carbocycles. The quantitative estimate of drug-likeness (QED) is 0.345. The highest BCUT2D eigenvalue weighted by Crippen LogP contribution is 2.09. The molecule has 0 amide bonds. The second kappa shape index (κ2) is 15.3. The van der Waals surface area contributed by atoms with Gasteiger partial charge in [-0.3, -0.25) is 4.79 Å². The third-order valence-corrected chi connectivity index (χ3v) is 4.33. The number of carbonyl (C=O) groups is 1. The van der Waals surface area contributed by atoms with Crippen molar-refractivity contribution in [1.29, 1.82) is 0 Å². The van der Waals surface area contributed by atoms with Gasteiger partial charge in [0.25, 0.3) is 0 Å². The van der Waals surface area contributed by atoms with Crippen molar-refractivity contribution in [2.75, 3.05) is 6.54 Å². The lowest BCUT2D eigenvalue weighted by Gasteiger charge is -2.19. The fraction of sp³-hybridized carbons (Fsp3) is 0.762. The highest BCUT2D eigenvalue weighted by atomic mass is 16.1. The van der Waals surface area contributed by atoms with E-state index in [9.17, 15) is 4.79 Å². The second-order valence-corrected chi connectivity index (χ2v) is 6.85. The normalized spacial score (nSPS) is 11.8. The van der Waals surface area contributed by atoms with Gasteiger partial charge in [0.1, 0.15) is 0 Å². The van der Waals surface area contributed by atoms with Crippen LogP contribution in [0.5, 0.6) is 0 Å². The van der Waals surface area contributed by atoms with Crippen LogP contribution in [0, 0.1) is 0 Å². The minimum absolute atomic E-state index is 0.0770. The molecule has 0 fully saturated rings. The summed E-state index contributed by atoms with van der Waals surface area (Å²) in [5.74, 6) is 0.212. The summed E-state index contributed by atoms with van der Waals surface area (Å²) in [6.45, 7) is 15.2. The zero-order chi connectivity index (χ0) is 18.2. The molecule has 0 aromatic heterocycles. The van der Waals surface area contributed by atoms with Gasteiger partial charge in [-0.05, 0) is 51.9 Å². The van der Waals surface area contributed by atoms with E-state index in [0.717, 1.165) is 56.5 Å². The molecule has 0 aromatic rings. The first-order chi connectivity index (χ1) is 11.5. The first kappa shape index (κ1) is 22.8. The number of hydrogen-bond acceptors (Lipinski definition) is 3. The number of allylic oxidation sites excluding steroid dienone is 2. The average molecular weight is 337 g/mol. The predicted octanol–water partition coefficient (Wildman–Crippen LogP) is 5.48. The maximum Gasteiger partial charge on any atom is 0.151 e. The highest BCUT2D eigenvalue weighted by Gasteiger charge is 2.13. The van der Waals surface area contributed by atoms with Gasteiger partial charge in [-0.25, -0.2) is 0 Å². The van der Waals surface area contributed by atoms with Crippen LogP contribution in [-0.4, -0.2) is 18.4 Å². The zero-order valence-electron chi connectivity index (χ0n) is 16.4. The van der Waals surface area contributed by atoms with E-state index in [1.165, 1.54) is 32.1 Å². The first-order valence-electron chi connectivity index (χ1n) is 9.87. The van der Waals surface area contributed by atoms with Crippen LogP contribution in [0.25, 0.3) is 0 Å². The van der Waals surface area contributed by atoms with E-state index in [2.05, 4.69) is 37.6 Å². The largest absolute Gasteiger partial charge is 0.389 e. The van der Waals surface area contributed by atoms with E-state index in [4.69, 9.17) is 0 Å². The zero-order valence-corrected chi connectivity index (χ0v) is 16.4. The number of carbonyl (C=O) groups excluding carboxylic acids is 1. The summed E-state index contributed by atoms with van der Waals surface area (Å²) in [7, 11) is 0. The molecule has 0 rings (SSSR count). The Morgan fingerprint density at radius 1 is 0.875 bits per heavy atom. The van der Waals surface area contributed by atoms with Gasteiger partial charge in [-0.15, -0.1) is 0 Å². The van der Waals surface area contributed by atoms with Crippen molar-refractivity contribution < 1.29 is 4.79 Å². The van der Waals surface area contributed by atoms with E-state index in [0.29, 0.717) is 0 Å². The van der Waals surface area contributed by atoms with Gasteiger partial charge in [0.05, 0.1) is 6.04 Å². The Balaban J connectivity index is 3.83. The summed E-state index contributed by atoms with van der Waals surface area (Å²) in [6.07, 6.45) is 12.3. The maximum absolute atomic E-state index is 11.8. The third kappa shape index (κ3) is 13.2. The fourth-order valence-corrected chi connectivity index (χ4v) is 2.70. The molecule has 3 nitrogen and oxygen atoms in total. The number of unbranched alkanes of at least 4 members (excludes halogenated alkanes) is 5. The van der Waals surface area contributed by atoms with Crippen molar-refractivity contribution in [3.8, 4) is 0 Å². The lowest BCUT2D eigenvalue weighted by molar-refractivity contribution is -0.119. The molecule has 0 aliphatic rings. The van der Waals surface area contributed by atoms with Gasteiger partial charge in [0.2, 0.25) is 0 Å². The van der Waals surface area contributed by atoms with Gasteiger partial charge < -0.3 is 10.6 Å². The topological polar surface area (TPSA) is 41.1 Å². The van der Waals surface area contributed by atoms with Gasteiger partial charge in [0, 0.05) is 17.9 Å². The van der Waals surface area contributed by atoms with Crippen LogP contribution in [0.2, 0.25) is 0 Å². The summed E-state index contributed by atoms with van der Waals surface area (Å²) in [5, 5.41) is 6.73. The van der Waals surface area contributed by atoms with Gasteiger partial charge in [0.15, 0.2) is 5.78 Å². The molecule has 0 aliphatic carbocycles. The molecule has 0 heterocycles. The molecule has 0 saturated heterocycles. The van der Waals surface area contributed by atoms with Crippen LogP contribution in [0.15, 0.2) is 24.6 Å². The summed E-state index contributed by atoms with van der Waals surface area (Å²) in [6, 6.07) is -0.0770. The molecule has 24 heavy (non-hydrogen) atoms. The summed E-state index contributed by atoms with van der Waals surface area (Å²) < 4.78 is 0. The Morgan fingerprint density at radius 2 is 1.46 bits per heavy atom. The van der Waals surface area contributed by atoms with Crippen LogP contribution >= 0.6 is 0 Å². The predicted molar refractivity (Wildman–Crippen MR) is 106 cm³/mol. The Kier molecular flexibility index (Phi) is 14.5. The lowest BCUT2D eigenvalue weighted by atomic mass is 10.0.